The van der Waals surface area contributed by atoms with E-state index in [-0.39, 0.29) is 5.92 Å². The van der Waals surface area contributed by atoms with Gasteiger partial charge in [0.05, 0.1) is 14.2 Å². The van der Waals surface area contributed by atoms with Crippen LogP contribution in [0.4, 0.5) is 0 Å². The Kier molecular flexibility index (Phi) is 4.73. The summed E-state index contributed by atoms with van der Waals surface area (Å²) in [6.07, 6.45) is 7.86. The quantitative estimate of drug-likeness (QED) is 0.430. The highest BCUT2D eigenvalue weighted by Crippen LogP contribution is 2.36. The first-order chi connectivity index (χ1) is 8.07. The van der Waals surface area contributed by atoms with Gasteiger partial charge >= 0.3 is 11.9 Å². The van der Waals surface area contributed by atoms with Gasteiger partial charge in [0.1, 0.15) is 0 Å². The molecular weight excluding hydrogens is 220 g/mol. The van der Waals surface area contributed by atoms with Crippen molar-refractivity contribution < 1.29 is 19.1 Å². The maximum absolute atomic E-state index is 11.9. The van der Waals surface area contributed by atoms with Crippen molar-refractivity contribution in [2.45, 2.75) is 32.6 Å². The molecule has 4 nitrogen and oxygen atoms in total. The van der Waals surface area contributed by atoms with Gasteiger partial charge in [0.2, 0.25) is 0 Å². The Bertz CT molecular complexity index is 303. The molecule has 1 rings (SSSR count). The van der Waals surface area contributed by atoms with Gasteiger partial charge in [-0.3, -0.25) is 9.59 Å². The molecule has 96 valence electrons. The summed E-state index contributed by atoms with van der Waals surface area (Å²) < 4.78 is 9.52. The highest BCUT2D eigenvalue weighted by atomic mass is 16.5. The first-order valence-electron chi connectivity index (χ1n) is 5.90. The Balaban J connectivity index is 3.03. The van der Waals surface area contributed by atoms with Crippen molar-refractivity contribution in [3.05, 3.63) is 12.2 Å². The molecule has 0 fully saturated rings. The third kappa shape index (κ3) is 2.68. The number of allylic oxidation sites excluding steroid dienone is 2. The second-order valence-corrected chi connectivity index (χ2v) is 4.50. The molecule has 0 spiro atoms. The number of carbonyl (C=O) groups excluding carboxylic acids is 2. The predicted octanol–water partition coefficient (Wildman–Crippen LogP) is 2.09. The standard InChI is InChI=1S/C13H20O4/c1-13(11(14)16-2,12(15)17-3)10-8-6-4-5-7-9-10/h6,8,10H,4-5,7,9H2,1-3H3/t10-/m0/s1. The fraction of sp³-hybridized carbons (Fsp3) is 0.692. The number of carbonyl (C=O) groups is 2. The Morgan fingerprint density at radius 2 is 1.76 bits per heavy atom. The van der Waals surface area contributed by atoms with Crippen LogP contribution in [0, 0.1) is 11.3 Å². The van der Waals surface area contributed by atoms with E-state index < -0.39 is 17.4 Å². The third-order valence-electron chi connectivity index (χ3n) is 3.46. The molecule has 0 unspecified atom stereocenters. The van der Waals surface area contributed by atoms with E-state index >= 15 is 0 Å². The van der Waals surface area contributed by atoms with Crippen molar-refractivity contribution in [2.24, 2.45) is 11.3 Å². The molecule has 0 heterocycles. The SMILES string of the molecule is COC(=O)C(C)(C(=O)OC)[C@H]1C=CCCCC1. The zero-order chi connectivity index (χ0) is 12.9. The third-order valence-corrected chi connectivity index (χ3v) is 3.46. The summed E-state index contributed by atoms with van der Waals surface area (Å²) in [5, 5.41) is 0. The Hall–Kier alpha value is -1.32. The van der Waals surface area contributed by atoms with Crippen molar-refractivity contribution in [1.82, 2.24) is 0 Å². The Morgan fingerprint density at radius 1 is 1.18 bits per heavy atom. The summed E-state index contributed by atoms with van der Waals surface area (Å²) in [6.45, 7) is 1.60. The molecule has 0 amide bonds. The van der Waals surface area contributed by atoms with Crippen LogP contribution >= 0.6 is 0 Å². The molecule has 1 aliphatic rings. The summed E-state index contributed by atoms with van der Waals surface area (Å²) in [5.74, 6) is -1.20. The largest absolute Gasteiger partial charge is 0.468 e. The zero-order valence-electron chi connectivity index (χ0n) is 10.7. The van der Waals surface area contributed by atoms with Crippen LogP contribution in [-0.2, 0) is 19.1 Å². The van der Waals surface area contributed by atoms with Crippen molar-refractivity contribution in [1.29, 1.82) is 0 Å². The van der Waals surface area contributed by atoms with Gasteiger partial charge in [-0.2, -0.15) is 0 Å². The van der Waals surface area contributed by atoms with Crippen LogP contribution in [0.5, 0.6) is 0 Å². The number of hydrogen-bond donors (Lipinski definition) is 0. The summed E-state index contributed by atoms with van der Waals surface area (Å²) in [6, 6.07) is 0. The predicted molar refractivity (Wildman–Crippen MR) is 63.2 cm³/mol. The molecule has 0 aromatic heterocycles. The minimum Gasteiger partial charge on any atom is -0.468 e. The van der Waals surface area contributed by atoms with Gasteiger partial charge in [-0.05, 0) is 26.2 Å². The van der Waals surface area contributed by atoms with Crippen molar-refractivity contribution in [3.63, 3.8) is 0 Å². The summed E-state index contributed by atoms with van der Waals surface area (Å²) in [4.78, 5) is 23.8. The zero-order valence-corrected chi connectivity index (χ0v) is 10.7. The minimum absolute atomic E-state index is 0.148. The Morgan fingerprint density at radius 3 is 2.29 bits per heavy atom. The number of rotatable bonds is 3. The lowest BCUT2D eigenvalue weighted by atomic mass is 9.74. The average Bonchev–Trinajstić information content (AvgIpc) is 2.64. The van der Waals surface area contributed by atoms with Crippen LogP contribution in [0.15, 0.2) is 12.2 Å². The normalized spacial score (nSPS) is 20.5. The molecular formula is C13H20O4. The molecule has 0 bridgehead atoms. The molecule has 0 aromatic rings. The van der Waals surface area contributed by atoms with Gasteiger partial charge in [0, 0.05) is 5.92 Å². The highest BCUT2D eigenvalue weighted by molar-refractivity contribution is 6.00. The van der Waals surface area contributed by atoms with Crippen molar-refractivity contribution >= 4 is 11.9 Å². The van der Waals surface area contributed by atoms with Gasteiger partial charge in [-0.25, -0.2) is 0 Å². The lowest BCUT2D eigenvalue weighted by Crippen LogP contribution is -2.44. The van der Waals surface area contributed by atoms with E-state index in [4.69, 9.17) is 9.47 Å². The van der Waals surface area contributed by atoms with Crippen LogP contribution < -0.4 is 0 Å². The van der Waals surface area contributed by atoms with Gasteiger partial charge in [0.25, 0.3) is 0 Å². The van der Waals surface area contributed by atoms with Crippen LogP contribution in [0.1, 0.15) is 32.6 Å². The monoisotopic (exact) mass is 240 g/mol. The molecule has 0 saturated heterocycles. The molecule has 0 saturated carbocycles. The summed E-state index contributed by atoms with van der Waals surface area (Å²) in [5.41, 5.74) is -1.23. The molecule has 0 aromatic carbocycles. The molecule has 0 radical (unpaired) electrons. The van der Waals surface area contributed by atoms with Gasteiger partial charge in [-0.15, -0.1) is 0 Å². The number of ether oxygens (including phenoxy) is 2. The first-order valence-corrected chi connectivity index (χ1v) is 5.90. The Labute approximate surface area is 102 Å². The maximum atomic E-state index is 11.9. The maximum Gasteiger partial charge on any atom is 0.323 e. The van der Waals surface area contributed by atoms with E-state index in [9.17, 15) is 9.59 Å². The summed E-state index contributed by atoms with van der Waals surface area (Å²) >= 11 is 0. The molecule has 1 aliphatic carbocycles. The van der Waals surface area contributed by atoms with E-state index in [0.29, 0.717) is 0 Å². The van der Waals surface area contributed by atoms with Crippen molar-refractivity contribution in [3.8, 4) is 0 Å². The molecule has 1 atom stereocenters. The second-order valence-electron chi connectivity index (χ2n) is 4.50. The van der Waals surface area contributed by atoms with E-state index in [1.807, 2.05) is 12.2 Å². The molecule has 0 aliphatic heterocycles. The van der Waals surface area contributed by atoms with E-state index in [0.717, 1.165) is 25.7 Å². The first kappa shape index (κ1) is 13.7. The lowest BCUT2D eigenvalue weighted by Gasteiger charge is -2.30. The van der Waals surface area contributed by atoms with E-state index in [1.54, 1.807) is 6.92 Å². The summed E-state index contributed by atoms with van der Waals surface area (Å²) in [7, 11) is 2.59. The van der Waals surface area contributed by atoms with Crippen molar-refractivity contribution in [2.75, 3.05) is 14.2 Å². The van der Waals surface area contributed by atoms with E-state index in [1.165, 1.54) is 14.2 Å². The minimum atomic E-state index is -1.23. The molecule has 17 heavy (non-hydrogen) atoms. The highest BCUT2D eigenvalue weighted by Gasteiger charge is 2.49. The second kappa shape index (κ2) is 5.84. The van der Waals surface area contributed by atoms with Crippen LogP contribution in [-0.4, -0.2) is 26.2 Å². The van der Waals surface area contributed by atoms with E-state index in [2.05, 4.69) is 0 Å². The lowest BCUT2D eigenvalue weighted by molar-refractivity contribution is -0.171. The molecule has 4 heteroatoms. The van der Waals surface area contributed by atoms with Crippen LogP contribution in [0.3, 0.4) is 0 Å². The smallest absolute Gasteiger partial charge is 0.323 e. The fourth-order valence-electron chi connectivity index (χ4n) is 2.27. The van der Waals surface area contributed by atoms with Gasteiger partial charge < -0.3 is 9.47 Å². The van der Waals surface area contributed by atoms with Gasteiger partial charge in [-0.1, -0.05) is 18.6 Å². The number of hydrogen-bond acceptors (Lipinski definition) is 4. The average molecular weight is 240 g/mol. The molecule has 0 N–H and O–H groups in total. The topological polar surface area (TPSA) is 52.6 Å². The van der Waals surface area contributed by atoms with Crippen LogP contribution in [0.2, 0.25) is 0 Å². The fourth-order valence-corrected chi connectivity index (χ4v) is 2.27. The number of methoxy groups -OCH3 is 2. The van der Waals surface area contributed by atoms with Gasteiger partial charge in [0.15, 0.2) is 5.41 Å². The van der Waals surface area contributed by atoms with Crippen LogP contribution in [0.25, 0.3) is 0 Å². The number of esters is 2.